The molecule has 0 radical (unpaired) electrons. The van der Waals surface area contributed by atoms with E-state index in [1.807, 2.05) is 0 Å². The standard InChI is InChI=1S/C16H18N2O6S/c1-4-24-13(22)7-5-6-12(21)15-14-11(8-25-15)17(9(2)19)16(23)18(14)10(3)20/h8H,4-7H2,1-3H3. The van der Waals surface area contributed by atoms with E-state index in [-0.39, 0.29) is 47.1 Å². The summed E-state index contributed by atoms with van der Waals surface area (Å²) in [6.07, 6.45) is 0.489. The normalized spacial score (nSPS) is 10.8. The van der Waals surface area contributed by atoms with Crippen LogP contribution in [0.3, 0.4) is 0 Å². The zero-order valence-corrected chi connectivity index (χ0v) is 15.0. The van der Waals surface area contributed by atoms with E-state index in [1.54, 1.807) is 6.92 Å². The maximum absolute atomic E-state index is 12.5. The number of nitrogens with zero attached hydrogens (tertiary/aromatic N) is 2. The molecule has 0 atom stereocenters. The van der Waals surface area contributed by atoms with Crippen LogP contribution in [0.2, 0.25) is 0 Å². The molecule has 0 saturated carbocycles. The van der Waals surface area contributed by atoms with Gasteiger partial charge in [0.1, 0.15) is 0 Å². The predicted octanol–water partition coefficient (Wildman–Crippen LogP) is 2.10. The number of thiophene rings is 1. The summed E-state index contributed by atoms with van der Waals surface area (Å²) >= 11 is 1.07. The van der Waals surface area contributed by atoms with Crippen molar-refractivity contribution in [3.8, 4) is 0 Å². The first kappa shape index (κ1) is 18.8. The minimum Gasteiger partial charge on any atom is -0.466 e. The first-order valence-electron chi connectivity index (χ1n) is 7.75. The van der Waals surface area contributed by atoms with Gasteiger partial charge in [0.15, 0.2) is 5.78 Å². The smallest absolute Gasteiger partial charge is 0.342 e. The average molecular weight is 366 g/mol. The highest BCUT2D eigenvalue weighted by atomic mass is 32.1. The number of hydrogen-bond donors (Lipinski definition) is 0. The second-order valence-electron chi connectivity index (χ2n) is 5.37. The molecule has 2 rings (SSSR count). The second-order valence-corrected chi connectivity index (χ2v) is 6.25. The van der Waals surface area contributed by atoms with Crippen molar-refractivity contribution in [2.75, 3.05) is 6.61 Å². The number of aromatic nitrogens is 2. The van der Waals surface area contributed by atoms with Gasteiger partial charge in [0.25, 0.3) is 0 Å². The molecule has 0 fully saturated rings. The summed E-state index contributed by atoms with van der Waals surface area (Å²) in [5.41, 5.74) is -0.386. The summed E-state index contributed by atoms with van der Waals surface area (Å²) in [5, 5.41) is 1.51. The lowest BCUT2D eigenvalue weighted by Crippen LogP contribution is -2.30. The van der Waals surface area contributed by atoms with Gasteiger partial charge in [0.05, 0.1) is 22.5 Å². The number of ketones is 1. The van der Waals surface area contributed by atoms with Crippen molar-refractivity contribution in [1.29, 1.82) is 0 Å². The molecule has 25 heavy (non-hydrogen) atoms. The van der Waals surface area contributed by atoms with Crippen molar-refractivity contribution in [2.24, 2.45) is 0 Å². The Labute approximate surface area is 147 Å². The van der Waals surface area contributed by atoms with Crippen LogP contribution in [0, 0.1) is 0 Å². The van der Waals surface area contributed by atoms with Gasteiger partial charge >= 0.3 is 11.7 Å². The summed E-state index contributed by atoms with van der Waals surface area (Å²) in [4.78, 5) is 59.9. The highest BCUT2D eigenvalue weighted by Gasteiger charge is 2.25. The lowest BCUT2D eigenvalue weighted by Gasteiger charge is -2.02. The van der Waals surface area contributed by atoms with Crippen LogP contribution >= 0.6 is 11.3 Å². The highest BCUT2D eigenvalue weighted by molar-refractivity contribution is 7.13. The van der Waals surface area contributed by atoms with Gasteiger partial charge < -0.3 is 4.74 Å². The van der Waals surface area contributed by atoms with Crippen LogP contribution < -0.4 is 5.69 Å². The third-order valence-corrected chi connectivity index (χ3v) is 4.56. The van der Waals surface area contributed by atoms with E-state index in [0.717, 1.165) is 20.5 Å². The molecule has 0 unspecified atom stereocenters. The number of hydrogen-bond acceptors (Lipinski definition) is 7. The molecule has 0 N–H and O–H groups in total. The summed E-state index contributed by atoms with van der Waals surface area (Å²) in [7, 11) is 0. The Kier molecular flexibility index (Phi) is 5.68. The van der Waals surface area contributed by atoms with E-state index in [1.165, 1.54) is 19.2 Å². The van der Waals surface area contributed by atoms with E-state index in [2.05, 4.69) is 0 Å². The van der Waals surface area contributed by atoms with Gasteiger partial charge in [0, 0.05) is 32.1 Å². The molecule has 2 aromatic heterocycles. The summed E-state index contributed by atoms with van der Waals surface area (Å²) in [5.74, 6) is -1.78. The van der Waals surface area contributed by atoms with Crippen LogP contribution in [0.5, 0.6) is 0 Å². The van der Waals surface area contributed by atoms with Gasteiger partial charge in [-0.2, -0.15) is 0 Å². The summed E-state index contributed by atoms with van der Waals surface area (Å²) in [6.45, 7) is 4.38. The molecule has 0 spiro atoms. The Morgan fingerprint density at radius 2 is 1.72 bits per heavy atom. The van der Waals surface area contributed by atoms with E-state index >= 15 is 0 Å². The Morgan fingerprint density at radius 1 is 1.08 bits per heavy atom. The van der Waals surface area contributed by atoms with Crippen LogP contribution in [-0.4, -0.2) is 39.3 Å². The SMILES string of the molecule is CCOC(=O)CCCC(=O)c1scc2c1n(C(C)=O)c(=O)n2C(C)=O. The Hall–Kier alpha value is -2.55. The fourth-order valence-corrected chi connectivity index (χ4v) is 3.54. The molecule has 134 valence electrons. The molecule has 2 aromatic rings. The third-order valence-electron chi connectivity index (χ3n) is 3.57. The minimum atomic E-state index is -0.779. The topological polar surface area (TPSA) is 104 Å². The quantitative estimate of drug-likeness (QED) is 0.573. The molecule has 0 aliphatic carbocycles. The number of rotatable bonds is 6. The van der Waals surface area contributed by atoms with Crippen LogP contribution in [0.25, 0.3) is 11.0 Å². The van der Waals surface area contributed by atoms with Crippen LogP contribution in [0.15, 0.2) is 10.2 Å². The van der Waals surface area contributed by atoms with Crippen molar-refractivity contribution >= 4 is 45.9 Å². The monoisotopic (exact) mass is 366 g/mol. The highest BCUT2D eigenvalue weighted by Crippen LogP contribution is 2.27. The lowest BCUT2D eigenvalue weighted by molar-refractivity contribution is -0.143. The zero-order chi connectivity index (χ0) is 18.7. The van der Waals surface area contributed by atoms with E-state index in [9.17, 15) is 24.0 Å². The van der Waals surface area contributed by atoms with Crippen molar-refractivity contribution in [1.82, 2.24) is 9.13 Å². The molecule has 2 heterocycles. The van der Waals surface area contributed by atoms with Crippen LogP contribution in [0.4, 0.5) is 0 Å². The number of esters is 1. The summed E-state index contributed by atoms with van der Waals surface area (Å²) in [6, 6.07) is 0. The van der Waals surface area contributed by atoms with Gasteiger partial charge in [-0.25, -0.2) is 13.9 Å². The fourth-order valence-electron chi connectivity index (χ4n) is 2.55. The molecule has 0 aromatic carbocycles. The van der Waals surface area contributed by atoms with Crippen molar-refractivity contribution in [3.05, 3.63) is 20.7 Å². The summed E-state index contributed by atoms with van der Waals surface area (Å²) < 4.78 is 6.52. The first-order valence-corrected chi connectivity index (χ1v) is 8.63. The third kappa shape index (κ3) is 3.60. The molecular weight excluding hydrogens is 348 g/mol. The van der Waals surface area contributed by atoms with Gasteiger partial charge in [-0.05, 0) is 13.3 Å². The van der Waals surface area contributed by atoms with Crippen LogP contribution in [0.1, 0.15) is 59.3 Å². The largest absolute Gasteiger partial charge is 0.466 e. The average Bonchev–Trinajstić information content (AvgIpc) is 3.03. The maximum atomic E-state index is 12.5. The molecule has 0 aliphatic rings. The molecule has 9 heteroatoms. The molecular formula is C16H18N2O6S. The number of carbonyl (C=O) groups is 4. The van der Waals surface area contributed by atoms with E-state index in [0.29, 0.717) is 6.42 Å². The number of ether oxygens (including phenoxy) is 1. The number of Topliss-reactive ketones (excluding diaryl/α,β-unsaturated/α-hetero) is 1. The minimum absolute atomic E-state index is 0.0752. The van der Waals surface area contributed by atoms with Gasteiger partial charge in [0.2, 0.25) is 11.8 Å². The lowest BCUT2D eigenvalue weighted by atomic mass is 10.1. The van der Waals surface area contributed by atoms with Gasteiger partial charge in [-0.3, -0.25) is 19.2 Å². The Balaban J connectivity index is 2.36. The fraction of sp³-hybridized carbons (Fsp3) is 0.438. The van der Waals surface area contributed by atoms with Crippen LogP contribution in [-0.2, 0) is 9.53 Å². The number of imidazole rings is 1. The van der Waals surface area contributed by atoms with Crippen molar-refractivity contribution < 1.29 is 23.9 Å². The number of fused-ring (bicyclic) bond motifs is 1. The second kappa shape index (κ2) is 7.56. The van der Waals surface area contributed by atoms with Gasteiger partial charge in [-0.1, -0.05) is 0 Å². The Bertz CT molecular complexity index is 917. The van der Waals surface area contributed by atoms with Crippen molar-refractivity contribution in [3.63, 3.8) is 0 Å². The Morgan fingerprint density at radius 3 is 2.28 bits per heavy atom. The molecule has 0 bridgehead atoms. The zero-order valence-electron chi connectivity index (χ0n) is 14.2. The van der Waals surface area contributed by atoms with E-state index in [4.69, 9.17) is 4.74 Å². The maximum Gasteiger partial charge on any atom is 0.342 e. The molecule has 0 saturated heterocycles. The molecule has 0 aliphatic heterocycles. The first-order chi connectivity index (χ1) is 11.8. The van der Waals surface area contributed by atoms with E-state index < -0.39 is 17.5 Å². The predicted molar refractivity (Wildman–Crippen MR) is 91.5 cm³/mol. The van der Waals surface area contributed by atoms with Crippen molar-refractivity contribution in [2.45, 2.75) is 40.0 Å². The molecule has 8 nitrogen and oxygen atoms in total. The molecule has 0 amide bonds. The number of carbonyl (C=O) groups excluding carboxylic acids is 4. The van der Waals surface area contributed by atoms with Gasteiger partial charge in [-0.15, -0.1) is 11.3 Å².